The summed E-state index contributed by atoms with van der Waals surface area (Å²) >= 11 is 0. The van der Waals surface area contributed by atoms with Crippen molar-refractivity contribution in [3.63, 3.8) is 0 Å². The summed E-state index contributed by atoms with van der Waals surface area (Å²) < 4.78 is 0. The predicted octanol–water partition coefficient (Wildman–Crippen LogP) is 3.45. The van der Waals surface area contributed by atoms with Crippen LogP contribution in [0.1, 0.15) is 23.6 Å². The van der Waals surface area contributed by atoms with Gasteiger partial charge in [0.25, 0.3) is 0 Å². The lowest BCUT2D eigenvalue weighted by Gasteiger charge is -2.37. The Morgan fingerprint density at radius 2 is 1.65 bits per heavy atom. The zero-order chi connectivity index (χ0) is 18.5. The number of benzene rings is 2. The fourth-order valence-electron chi connectivity index (χ4n) is 3.51. The van der Waals surface area contributed by atoms with Gasteiger partial charge in [0.2, 0.25) is 5.91 Å². The number of nitrogens with zero attached hydrogens (tertiary/aromatic N) is 2. The van der Waals surface area contributed by atoms with E-state index in [1.54, 1.807) is 0 Å². The highest BCUT2D eigenvalue weighted by Crippen LogP contribution is 2.14. The standard InChI is InChI=1S/C22H29N3O/c1-17-6-4-8-20(14-17)16-24-10-12-25(13-11-24)19(3)22(26)23-21-9-5-7-18(2)15-21/h4-9,14-15,19H,10-13,16H2,1-3H3,(H,23,26)/t19-/m1/s1. The molecule has 3 rings (SSSR count). The summed E-state index contributed by atoms with van der Waals surface area (Å²) in [5.41, 5.74) is 4.70. The van der Waals surface area contributed by atoms with Crippen molar-refractivity contribution in [2.24, 2.45) is 0 Å². The molecular formula is C22H29N3O. The molecule has 0 aromatic heterocycles. The van der Waals surface area contributed by atoms with Gasteiger partial charge in [0.1, 0.15) is 0 Å². The molecule has 0 bridgehead atoms. The Balaban J connectivity index is 1.50. The van der Waals surface area contributed by atoms with Crippen molar-refractivity contribution in [3.05, 3.63) is 65.2 Å². The van der Waals surface area contributed by atoms with Crippen LogP contribution in [0.25, 0.3) is 0 Å². The van der Waals surface area contributed by atoms with E-state index in [1.807, 2.05) is 38.1 Å². The van der Waals surface area contributed by atoms with Crippen LogP contribution in [-0.4, -0.2) is 47.9 Å². The van der Waals surface area contributed by atoms with E-state index in [-0.39, 0.29) is 11.9 Å². The van der Waals surface area contributed by atoms with Crippen LogP contribution in [0.3, 0.4) is 0 Å². The van der Waals surface area contributed by atoms with Crippen molar-refractivity contribution >= 4 is 11.6 Å². The molecule has 1 atom stereocenters. The Kier molecular flexibility index (Phi) is 6.07. The van der Waals surface area contributed by atoms with E-state index in [9.17, 15) is 4.79 Å². The highest BCUT2D eigenvalue weighted by molar-refractivity contribution is 5.94. The van der Waals surface area contributed by atoms with Gasteiger partial charge in [0.15, 0.2) is 0 Å². The van der Waals surface area contributed by atoms with Crippen LogP contribution in [0.2, 0.25) is 0 Å². The molecule has 0 spiro atoms. The largest absolute Gasteiger partial charge is 0.325 e. The summed E-state index contributed by atoms with van der Waals surface area (Å²) in [6.45, 7) is 11.0. The van der Waals surface area contributed by atoms with Crippen molar-refractivity contribution in [1.82, 2.24) is 9.80 Å². The zero-order valence-electron chi connectivity index (χ0n) is 16.0. The Morgan fingerprint density at radius 1 is 1.00 bits per heavy atom. The number of hydrogen-bond donors (Lipinski definition) is 1. The van der Waals surface area contributed by atoms with Crippen molar-refractivity contribution in [3.8, 4) is 0 Å². The van der Waals surface area contributed by atoms with Crippen LogP contribution >= 0.6 is 0 Å². The van der Waals surface area contributed by atoms with Crippen molar-refractivity contribution < 1.29 is 4.79 Å². The molecule has 1 aliphatic heterocycles. The van der Waals surface area contributed by atoms with Crippen LogP contribution < -0.4 is 5.32 Å². The molecule has 1 N–H and O–H groups in total. The predicted molar refractivity (Wildman–Crippen MR) is 107 cm³/mol. The maximum atomic E-state index is 12.6. The summed E-state index contributed by atoms with van der Waals surface area (Å²) in [4.78, 5) is 17.3. The zero-order valence-corrected chi connectivity index (χ0v) is 16.0. The number of rotatable bonds is 5. The van der Waals surface area contributed by atoms with E-state index in [0.29, 0.717) is 0 Å². The van der Waals surface area contributed by atoms with Crippen LogP contribution in [-0.2, 0) is 11.3 Å². The maximum absolute atomic E-state index is 12.6. The fraction of sp³-hybridized carbons (Fsp3) is 0.409. The molecular weight excluding hydrogens is 322 g/mol. The van der Waals surface area contributed by atoms with Crippen molar-refractivity contribution in [1.29, 1.82) is 0 Å². The van der Waals surface area contributed by atoms with Gasteiger partial charge in [-0.15, -0.1) is 0 Å². The van der Waals surface area contributed by atoms with Gasteiger partial charge in [-0.1, -0.05) is 42.0 Å². The summed E-state index contributed by atoms with van der Waals surface area (Å²) in [6.07, 6.45) is 0. The SMILES string of the molecule is Cc1cccc(CN2CCN([C@H](C)C(=O)Nc3cccc(C)c3)CC2)c1. The third kappa shape index (κ3) is 4.93. The second kappa shape index (κ2) is 8.47. The molecule has 0 unspecified atom stereocenters. The van der Waals surface area contributed by atoms with Gasteiger partial charge < -0.3 is 5.32 Å². The van der Waals surface area contributed by atoms with E-state index in [2.05, 4.69) is 46.3 Å². The molecule has 4 nitrogen and oxygen atoms in total. The minimum absolute atomic E-state index is 0.0720. The molecule has 0 saturated carbocycles. The molecule has 0 radical (unpaired) electrons. The van der Waals surface area contributed by atoms with Crippen LogP contribution in [0.5, 0.6) is 0 Å². The number of amides is 1. The van der Waals surface area contributed by atoms with E-state index in [1.165, 1.54) is 11.1 Å². The maximum Gasteiger partial charge on any atom is 0.241 e. The molecule has 1 fully saturated rings. The number of anilines is 1. The van der Waals surface area contributed by atoms with Crippen molar-refractivity contribution in [2.75, 3.05) is 31.5 Å². The van der Waals surface area contributed by atoms with Gasteiger partial charge in [-0.3, -0.25) is 14.6 Å². The first kappa shape index (κ1) is 18.6. The Bertz CT molecular complexity index is 751. The van der Waals surface area contributed by atoms with Gasteiger partial charge in [0, 0.05) is 38.4 Å². The lowest BCUT2D eigenvalue weighted by molar-refractivity contribution is -0.121. The molecule has 138 valence electrons. The topological polar surface area (TPSA) is 35.6 Å². The van der Waals surface area contributed by atoms with E-state index >= 15 is 0 Å². The normalized spacial score (nSPS) is 17.0. The summed E-state index contributed by atoms with van der Waals surface area (Å²) in [5.74, 6) is 0.0720. The second-order valence-corrected chi connectivity index (χ2v) is 7.34. The number of hydrogen-bond acceptors (Lipinski definition) is 3. The molecule has 1 heterocycles. The molecule has 26 heavy (non-hydrogen) atoms. The molecule has 4 heteroatoms. The second-order valence-electron chi connectivity index (χ2n) is 7.34. The first-order valence-electron chi connectivity index (χ1n) is 9.41. The van der Waals surface area contributed by atoms with Crippen LogP contribution in [0.4, 0.5) is 5.69 Å². The van der Waals surface area contributed by atoms with Gasteiger partial charge >= 0.3 is 0 Å². The molecule has 2 aromatic rings. The molecule has 1 saturated heterocycles. The van der Waals surface area contributed by atoms with Gasteiger partial charge in [-0.25, -0.2) is 0 Å². The smallest absolute Gasteiger partial charge is 0.241 e. The Hall–Kier alpha value is -2.17. The highest BCUT2D eigenvalue weighted by Gasteiger charge is 2.25. The molecule has 0 aliphatic carbocycles. The number of nitrogens with one attached hydrogen (secondary N) is 1. The van der Waals surface area contributed by atoms with Gasteiger partial charge in [-0.2, -0.15) is 0 Å². The number of piperazine rings is 1. The first-order valence-corrected chi connectivity index (χ1v) is 9.41. The third-order valence-corrected chi connectivity index (χ3v) is 5.11. The lowest BCUT2D eigenvalue weighted by Crippen LogP contribution is -2.52. The monoisotopic (exact) mass is 351 g/mol. The van der Waals surface area contributed by atoms with Crippen LogP contribution in [0.15, 0.2) is 48.5 Å². The highest BCUT2D eigenvalue weighted by atomic mass is 16.2. The summed E-state index contributed by atoms with van der Waals surface area (Å²) in [6, 6.07) is 16.5. The average molecular weight is 351 g/mol. The van der Waals surface area contributed by atoms with E-state index < -0.39 is 0 Å². The Morgan fingerprint density at radius 3 is 2.31 bits per heavy atom. The fourth-order valence-corrected chi connectivity index (χ4v) is 3.51. The summed E-state index contributed by atoms with van der Waals surface area (Å²) in [5, 5.41) is 3.04. The first-order chi connectivity index (χ1) is 12.5. The van der Waals surface area contributed by atoms with E-state index in [0.717, 1.165) is 44.0 Å². The minimum atomic E-state index is -0.114. The third-order valence-electron chi connectivity index (χ3n) is 5.11. The molecule has 2 aromatic carbocycles. The lowest BCUT2D eigenvalue weighted by atomic mass is 10.1. The quantitative estimate of drug-likeness (QED) is 0.896. The van der Waals surface area contributed by atoms with Gasteiger partial charge in [0.05, 0.1) is 6.04 Å². The number of carbonyl (C=O) groups excluding carboxylic acids is 1. The van der Waals surface area contributed by atoms with E-state index in [4.69, 9.17) is 0 Å². The number of aryl methyl sites for hydroxylation is 2. The Labute approximate surface area is 156 Å². The van der Waals surface area contributed by atoms with Gasteiger partial charge in [-0.05, 0) is 44.0 Å². The minimum Gasteiger partial charge on any atom is -0.325 e. The molecule has 1 amide bonds. The van der Waals surface area contributed by atoms with Crippen molar-refractivity contribution in [2.45, 2.75) is 33.4 Å². The molecule has 1 aliphatic rings. The summed E-state index contributed by atoms with van der Waals surface area (Å²) in [7, 11) is 0. The average Bonchev–Trinajstić information content (AvgIpc) is 2.62. The number of carbonyl (C=O) groups is 1. The van der Waals surface area contributed by atoms with Crippen LogP contribution in [0, 0.1) is 13.8 Å².